The van der Waals surface area contributed by atoms with Crippen molar-refractivity contribution in [1.82, 2.24) is 9.97 Å². The van der Waals surface area contributed by atoms with Gasteiger partial charge < -0.3 is 14.8 Å². The van der Waals surface area contributed by atoms with Gasteiger partial charge in [-0.2, -0.15) is 0 Å². The molecule has 0 aliphatic carbocycles. The molecule has 1 aromatic heterocycles. The van der Waals surface area contributed by atoms with Crippen LogP contribution in [0.1, 0.15) is 53.4 Å². The van der Waals surface area contributed by atoms with E-state index < -0.39 is 11.9 Å². The van der Waals surface area contributed by atoms with Gasteiger partial charge in [0.1, 0.15) is 5.82 Å². The normalized spacial score (nSPS) is 13.6. The molecule has 0 aromatic carbocycles. The fourth-order valence-corrected chi connectivity index (χ4v) is 2.16. The van der Waals surface area contributed by atoms with Crippen molar-refractivity contribution >= 4 is 17.8 Å². The van der Waals surface area contributed by atoms with E-state index in [1.807, 2.05) is 0 Å². The van der Waals surface area contributed by atoms with Crippen LogP contribution >= 0.6 is 0 Å². The Hall–Kier alpha value is -2.18. The highest BCUT2D eigenvalue weighted by atomic mass is 16.5. The van der Waals surface area contributed by atoms with Gasteiger partial charge in [-0.25, -0.2) is 19.6 Å². The first kappa shape index (κ1) is 15.2. The SMILES string of the molecule is CCOC(=O)c1nc2c(c(C(=O)OCC)n1)CCCCN2. The average molecular weight is 293 g/mol. The zero-order chi connectivity index (χ0) is 15.2. The molecular formula is C14H19N3O4. The number of nitrogens with zero attached hydrogens (tertiary/aromatic N) is 2. The Kier molecular flexibility index (Phi) is 5.08. The summed E-state index contributed by atoms with van der Waals surface area (Å²) in [5.41, 5.74) is 0.860. The van der Waals surface area contributed by atoms with Gasteiger partial charge in [0, 0.05) is 12.1 Å². The third kappa shape index (κ3) is 3.48. The van der Waals surface area contributed by atoms with E-state index in [9.17, 15) is 9.59 Å². The second-order valence-electron chi connectivity index (χ2n) is 4.55. The number of hydrogen-bond donors (Lipinski definition) is 1. The molecule has 0 radical (unpaired) electrons. The molecule has 1 aromatic rings. The molecule has 1 aliphatic heterocycles. The number of carbonyl (C=O) groups is 2. The lowest BCUT2D eigenvalue weighted by Gasteiger charge is -2.12. The second kappa shape index (κ2) is 7.01. The molecule has 1 aliphatic rings. The van der Waals surface area contributed by atoms with Crippen LogP contribution in [0.5, 0.6) is 0 Å². The molecule has 7 heteroatoms. The van der Waals surface area contributed by atoms with Crippen LogP contribution in [0.15, 0.2) is 0 Å². The van der Waals surface area contributed by atoms with Crippen molar-refractivity contribution in [2.45, 2.75) is 33.1 Å². The van der Waals surface area contributed by atoms with Gasteiger partial charge in [-0.05, 0) is 33.1 Å². The van der Waals surface area contributed by atoms with Crippen LogP contribution in [0, 0.1) is 0 Å². The quantitative estimate of drug-likeness (QED) is 0.843. The average Bonchev–Trinajstić information content (AvgIpc) is 2.71. The maximum atomic E-state index is 12.1. The first-order chi connectivity index (χ1) is 10.2. The van der Waals surface area contributed by atoms with Crippen molar-refractivity contribution in [3.05, 3.63) is 17.1 Å². The summed E-state index contributed by atoms with van der Waals surface area (Å²) in [6, 6.07) is 0. The van der Waals surface area contributed by atoms with Crippen molar-refractivity contribution in [1.29, 1.82) is 0 Å². The lowest BCUT2D eigenvalue weighted by atomic mass is 10.1. The van der Waals surface area contributed by atoms with Gasteiger partial charge in [-0.1, -0.05) is 0 Å². The van der Waals surface area contributed by atoms with Crippen LogP contribution in [-0.4, -0.2) is 41.7 Å². The summed E-state index contributed by atoms with van der Waals surface area (Å²) in [4.78, 5) is 32.1. The van der Waals surface area contributed by atoms with Gasteiger partial charge in [0.25, 0.3) is 0 Å². The van der Waals surface area contributed by atoms with Gasteiger partial charge in [-0.15, -0.1) is 0 Å². The Labute approximate surface area is 123 Å². The number of fused-ring (bicyclic) bond motifs is 1. The fraction of sp³-hybridized carbons (Fsp3) is 0.571. The van der Waals surface area contributed by atoms with Crippen molar-refractivity contribution < 1.29 is 19.1 Å². The van der Waals surface area contributed by atoms with E-state index in [2.05, 4.69) is 15.3 Å². The van der Waals surface area contributed by atoms with E-state index in [4.69, 9.17) is 9.47 Å². The van der Waals surface area contributed by atoms with Crippen LogP contribution in [0.3, 0.4) is 0 Å². The van der Waals surface area contributed by atoms with Gasteiger partial charge in [-0.3, -0.25) is 0 Å². The lowest BCUT2D eigenvalue weighted by Crippen LogP contribution is -2.19. The van der Waals surface area contributed by atoms with Crippen molar-refractivity contribution in [3.8, 4) is 0 Å². The number of nitrogens with one attached hydrogen (secondary N) is 1. The van der Waals surface area contributed by atoms with E-state index >= 15 is 0 Å². The monoisotopic (exact) mass is 293 g/mol. The highest BCUT2D eigenvalue weighted by Crippen LogP contribution is 2.23. The Morgan fingerprint density at radius 3 is 2.52 bits per heavy atom. The molecule has 0 fully saturated rings. The van der Waals surface area contributed by atoms with Gasteiger partial charge in [0.15, 0.2) is 5.69 Å². The first-order valence-corrected chi connectivity index (χ1v) is 7.16. The second-order valence-corrected chi connectivity index (χ2v) is 4.55. The molecule has 2 rings (SSSR count). The summed E-state index contributed by atoms with van der Waals surface area (Å²) in [5.74, 6) is -0.774. The zero-order valence-corrected chi connectivity index (χ0v) is 12.3. The molecule has 0 spiro atoms. The van der Waals surface area contributed by atoms with E-state index in [0.717, 1.165) is 19.4 Å². The third-order valence-corrected chi connectivity index (χ3v) is 3.08. The van der Waals surface area contributed by atoms with Gasteiger partial charge >= 0.3 is 11.9 Å². The number of aromatic nitrogens is 2. The highest BCUT2D eigenvalue weighted by Gasteiger charge is 2.25. The molecule has 0 saturated heterocycles. The van der Waals surface area contributed by atoms with Crippen molar-refractivity contribution in [2.24, 2.45) is 0 Å². The summed E-state index contributed by atoms with van der Waals surface area (Å²) < 4.78 is 9.92. The third-order valence-electron chi connectivity index (χ3n) is 3.08. The molecular weight excluding hydrogens is 274 g/mol. The number of rotatable bonds is 4. The molecule has 0 saturated carbocycles. The maximum absolute atomic E-state index is 12.1. The van der Waals surface area contributed by atoms with E-state index in [1.165, 1.54) is 0 Å². The van der Waals surface area contributed by atoms with Crippen LogP contribution in [-0.2, 0) is 15.9 Å². The molecule has 0 bridgehead atoms. The summed E-state index contributed by atoms with van der Waals surface area (Å²) >= 11 is 0. The van der Waals surface area contributed by atoms with Gasteiger partial charge in [0.2, 0.25) is 5.82 Å². The minimum Gasteiger partial charge on any atom is -0.461 e. The minimum atomic E-state index is -0.642. The zero-order valence-electron chi connectivity index (χ0n) is 12.3. The van der Waals surface area contributed by atoms with Crippen LogP contribution in [0.25, 0.3) is 0 Å². The summed E-state index contributed by atoms with van der Waals surface area (Å²) in [5, 5.41) is 3.13. The largest absolute Gasteiger partial charge is 0.461 e. The molecule has 1 N–H and O–H groups in total. The van der Waals surface area contributed by atoms with Gasteiger partial charge in [0.05, 0.1) is 13.2 Å². The topological polar surface area (TPSA) is 90.4 Å². The van der Waals surface area contributed by atoms with Crippen LogP contribution < -0.4 is 5.32 Å². The molecule has 2 heterocycles. The predicted molar refractivity (Wildman–Crippen MR) is 75.4 cm³/mol. The van der Waals surface area contributed by atoms with E-state index in [1.54, 1.807) is 13.8 Å². The molecule has 114 valence electrons. The molecule has 0 atom stereocenters. The predicted octanol–water partition coefficient (Wildman–Crippen LogP) is 1.58. The smallest absolute Gasteiger partial charge is 0.376 e. The van der Waals surface area contributed by atoms with E-state index in [-0.39, 0.29) is 24.7 Å². The minimum absolute atomic E-state index is 0.118. The molecule has 21 heavy (non-hydrogen) atoms. The Balaban J connectivity index is 2.46. The van der Waals surface area contributed by atoms with Crippen molar-refractivity contribution in [3.63, 3.8) is 0 Å². The highest BCUT2D eigenvalue weighted by molar-refractivity contribution is 5.93. The Morgan fingerprint density at radius 2 is 1.81 bits per heavy atom. The van der Waals surface area contributed by atoms with E-state index in [0.29, 0.717) is 17.8 Å². The first-order valence-electron chi connectivity index (χ1n) is 7.16. The lowest BCUT2D eigenvalue weighted by molar-refractivity contribution is 0.0505. The molecule has 0 unspecified atom stereocenters. The van der Waals surface area contributed by atoms with Crippen molar-refractivity contribution in [2.75, 3.05) is 25.1 Å². The summed E-state index contributed by atoms with van der Waals surface area (Å²) in [6.07, 6.45) is 2.57. The number of carbonyl (C=O) groups excluding carboxylic acids is 2. The maximum Gasteiger partial charge on any atom is 0.376 e. The summed E-state index contributed by atoms with van der Waals surface area (Å²) in [6.45, 7) is 4.64. The Bertz CT molecular complexity index is 545. The molecule has 0 amide bonds. The number of ether oxygens (including phenoxy) is 2. The number of esters is 2. The van der Waals surface area contributed by atoms with Crippen LogP contribution in [0.2, 0.25) is 0 Å². The molecule has 7 nitrogen and oxygen atoms in total. The summed E-state index contributed by atoms with van der Waals surface area (Å²) in [7, 11) is 0. The number of anilines is 1. The van der Waals surface area contributed by atoms with Crippen LogP contribution in [0.4, 0.5) is 5.82 Å². The fourth-order valence-electron chi connectivity index (χ4n) is 2.16. The standard InChI is InChI=1S/C14H19N3O4/c1-3-20-13(18)10-9-7-5-6-8-15-11(9)17-12(16-10)14(19)21-4-2/h3-8H2,1-2H3,(H,15,16,17). The Morgan fingerprint density at radius 1 is 1.10 bits per heavy atom. The number of hydrogen-bond acceptors (Lipinski definition) is 7.